The van der Waals surface area contributed by atoms with Gasteiger partial charge in [-0.2, -0.15) is 0 Å². The van der Waals surface area contributed by atoms with Gasteiger partial charge in [-0.05, 0) is 68.3 Å². The zero-order valence-electron chi connectivity index (χ0n) is 21.5. The summed E-state index contributed by atoms with van der Waals surface area (Å²) in [6, 6.07) is 7.06. The average Bonchev–Trinajstić information content (AvgIpc) is 3.21. The number of hydrogen-bond donors (Lipinski definition) is 1. The molecule has 0 radical (unpaired) electrons. The molecule has 2 atom stereocenters. The van der Waals surface area contributed by atoms with Crippen molar-refractivity contribution in [3.8, 4) is 0 Å². The van der Waals surface area contributed by atoms with Gasteiger partial charge in [-0.3, -0.25) is 9.69 Å². The van der Waals surface area contributed by atoms with Crippen molar-refractivity contribution < 1.29 is 28.6 Å². The van der Waals surface area contributed by atoms with Crippen molar-refractivity contribution in [2.24, 2.45) is 0 Å². The summed E-state index contributed by atoms with van der Waals surface area (Å²) in [5, 5.41) is 1.04. The molecule has 0 saturated carbocycles. The number of nitrogens with zero attached hydrogens (tertiary/aromatic N) is 1. The standard InChI is InChI=1S/C27H33IN2O6/c1-7-16(28)15-30-21(13-12-18(24(31)34-5)25(32)35-6)23-19(17-10-8-9-11-20(17)29-23)14-22(30)26(33)36-27(2,3)4/h7-12,21-22,29H,13-15H2,1-6H3/b16-7-/t21-,22+/m1/s1. The van der Waals surface area contributed by atoms with E-state index in [2.05, 4.69) is 32.5 Å². The lowest BCUT2D eigenvalue weighted by Crippen LogP contribution is -2.50. The second kappa shape index (κ2) is 11.6. The molecule has 1 aromatic heterocycles. The fraction of sp³-hybridized carbons (Fsp3) is 0.444. The molecule has 2 aromatic rings. The van der Waals surface area contributed by atoms with Gasteiger partial charge >= 0.3 is 17.9 Å². The van der Waals surface area contributed by atoms with E-state index in [1.807, 2.05) is 58.0 Å². The van der Waals surface area contributed by atoms with E-state index in [0.717, 1.165) is 25.7 Å². The van der Waals surface area contributed by atoms with Crippen LogP contribution in [-0.4, -0.2) is 60.2 Å². The molecule has 8 nitrogen and oxygen atoms in total. The van der Waals surface area contributed by atoms with Crippen LogP contribution in [0.25, 0.3) is 10.9 Å². The van der Waals surface area contributed by atoms with Crippen LogP contribution >= 0.6 is 22.6 Å². The SMILES string of the molecule is C/C=C(\I)CN1[C@H](CC=C(C(=O)OC)C(=O)OC)c2[nH]c3ccccc3c2C[C@H]1C(=O)OC(C)(C)C. The summed E-state index contributed by atoms with van der Waals surface area (Å²) < 4.78 is 16.5. The molecule has 0 amide bonds. The first-order valence-electron chi connectivity index (χ1n) is 11.8. The summed E-state index contributed by atoms with van der Waals surface area (Å²) in [5.74, 6) is -1.85. The molecule has 36 heavy (non-hydrogen) atoms. The molecule has 0 unspecified atom stereocenters. The number of aromatic nitrogens is 1. The molecular weight excluding hydrogens is 575 g/mol. The molecular formula is C27H33IN2O6. The molecule has 1 aromatic carbocycles. The van der Waals surface area contributed by atoms with Crippen molar-refractivity contribution in [1.29, 1.82) is 0 Å². The first-order chi connectivity index (χ1) is 17.0. The minimum atomic E-state index is -0.771. The summed E-state index contributed by atoms with van der Waals surface area (Å²) in [4.78, 5) is 43.7. The van der Waals surface area contributed by atoms with Crippen LogP contribution in [0.4, 0.5) is 0 Å². The second-order valence-corrected chi connectivity index (χ2v) is 11.0. The van der Waals surface area contributed by atoms with Gasteiger partial charge in [0.15, 0.2) is 0 Å². The summed E-state index contributed by atoms with van der Waals surface area (Å²) in [6.07, 6.45) is 4.27. The van der Waals surface area contributed by atoms with Crippen LogP contribution in [0.15, 0.2) is 45.6 Å². The summed E-state index contributed by atoms with van der Waals surface area (Å²) in [7, 11) is 2.43. The molecule has 9 heteroatoms. The number of carbonyl (C=O) groups is 3. The lowest BCUT2D eigenvalue weighted by Gasteiger charge is -2.41. The number of carbonyl (C=O) groups excluding carboxylic acids is 3. The lowest BCUT2D eigenvalue weighted by molar-refractivity contribution is -0.163. The Morgan fingerprint density at radius 2 is 1.78 bits per heavy atom. The molecule has 1 aliphatic heterocycles. The van der Waals surface area contributed by atoms with E-state index < -0.39 is 23.6 Å². The quantitative estimate of drug-likeness (QED) is 0.121. The number of nitrogens with one attached hydrogen (secondary N) is 1. The predicted octanol–water partition coefficient (Wildman–Crippen LogP) is 4.78. The Hall–Kier alpha value is -2.66. The number of fused-ring (bicyclic) bond motifs is 3. The highest BCUT2D eigenvalue weighted by molar-refractivity contribution is 14.1. The fourth-order valence-electron chi connectivity index (χ4n) is 4.45. The van der Waals surface area contributed by atoms with E-state index in [1.165, 1.54) is 20.3 Å². The number of aromatic amines is 1. The highest BCUT2D eigenvalue weighted by Crippen LogP contribution is 2.40. The number of hydrogen-bond acceptors (Lipinski definition) is 7. The molecule has 194 valence electrons. The molecule has 0 bridgehead atoms. The summed E-state index contributed by atoms with van der Waals surface area (Å²) >= 11 is 2.26. The Morgan fingerprint density at radius 3 is 2.36 bits per heavy atom. The number of allylic oxidation sites excluding steroid dienone is 1. The minimum Gasteiger partial charge on any atom is -0.465 e. The molecule has 0 fully saturated rings. The average molecular weight is 608 g/mol. The molecule has 0 spiro atoms. The summed E-state index contributed by atoms with van der Waals surface area (Å²) in [6.45, 7) is 8.00. The van der Waals surface area contributed by atoms with Crippen LogP contribution in [0, 0.1) is 0 Å². The first-order valence-corrected chi connectivity index (χ1v) is 12.8. The van der Waals surface area contributed by atoms with Crippen LogP contribution in [0.1, 0.15) is 51.4 Å². The smallest absolute Gasteiger partial charge is 0.344 e. The molecule has 1 N–H and O–H groups in total. The van der Waals surface area contributed by atoms with Crippen LogP contribution < -0.4 is 0 Å². The minimum absolute atomic E-state index is 0.183. The first kappa shape index (κ1) is 27.9. The number of H-pyrrole nitrogens is 1. The summed E-state index contributed by atoms with van der Waals surface area (Å²) in [5.41, 5.74) is 2.11. The molecule has 0 aliphatic carbocycles. The van der Waals surface area contributed by atoms with Crippen molar-refractivity contribution in [2.75, 3.05) is 20.8 Å². The number of esters is 3. The van der Waals surface area contributed by atoms with Crippen LogP contribution in [0.5, 0.6) is 0 Å². The maximum absolute atomic E-state index is 13.5. The normalized spacial score (nSPS) is 18.4. The number of rotatable bonds is 7. The van der Waals surface area contributed by atoms with Gasteiger partial charge in [-0.15, -0.1) is 0 Å². The van der Waals surface area contributed by atoms with Gasteiger partial charge in [0.1, 0.15) is 17.2 Å². The van der Waals surface area contributed by atoms with Gasteiger partial charge in [0, 0.05) is 33.1 Å². The van der Waals surface area contributed by atoms with Crippen molar-refractivity contribution in [2.45, 2.75) is 58.2 Å². The fourth-order valence-corrected chi connectivity index (χ4v) is 4.84. The Kier molecular flexibility index (Phi) is 8.99. The monoisotopic (exact) mass is 608 g/mol. The van der Waals surface area contributed by atoms with E-state index in [9.17, 15) is 14.4 Å². The third kappa shape index (κ3) is 6.18. The van der Waals surface area contributed by atoms with Crippen molar-refractivity contribution in [1.82, 2.24) is 9.88 Å². The van der Waals surface area contributed by atoms with Gasteiger partial charge in [0.2, 0.25) is 0 Å². The van der Waals surface area contributed by atoms with Gasteiger partial charge < -0.3 is 19.2 Å². The van der Waals surface area contributed by atoms with Crippen molar-refractivity contribution in [3.05, 3.63) is 56.8 Å². The highest BCUT2D eigenvalue weighted by Gasteiger charge is 2.41. The van der Waals surface area contributed by atoms with Crippen LogP contribution in [-0.2, 0) is 35.0 Å². The zero-order valence-corrected chi connectivity index (χ0v) is 23.7. The molecule has 2 heterocycles. The maximum Gasteiger partial charge on any atom is 0.344 e. The van der Waals surface area contributed by atoms with Gasteiger partial charge in [-0.1, -0.05) is 30.4 Å². The van der Waals surface area contributed by atoms with Crippen molar-refractivity contribution >= 4 is 51.4 Å². The van der Waals surface area contributed by atoms with Gasteiger partial charge in [0.25, 0.3) is 0 Å². The third-order valence-corrected chi connectivity index (χ3v) is 7.02. The Balaban J connectivity index is 2.17. The Morgan fingerprint density at radius 1 is 1.14 bits per heavy atom. The second-order valence-electron chi connectivity index (χ2n) is 9.58. The number of ether oxygens (including phenoxy) is 3. The van der Waals surface area contributed by atoms with Gasteiger partial charge in [0.05, 0.1) is 20.3 Å². The van der Waals surface area contributed by atoms with Crippen molar-refractivity contribution in [3.63, 3.8) is 0 Å². The molecule has 1 aliphatic rings. The maximum atomic E-state index is 13.5. The van der Waals surface area contributed by atoms with E-state index >= 15 is 0 Å². The Bertz CT molecular complexity index is 1190. The van der Waals surface area contributed by atoms with Crippen LogP contribution in [0.2, 0.25) is 0 Å². The largest absolute Gasteiger partial charge is 0.465 e. The van der Waals surface area contributed by atoms with Crippen LogP contribution in [0.3, 0.4) is 0 Å². The third-order valence-electron chi connectivity index (χ3n) is 6.06. The Labute approximate surface area is 225 Å². The number of benzene rings is 1. The van der Waals surface area contributed by atoms with E-state index in [1.54, 1.807) is 0 Å². The van der Waals surface area contributed by atoms with E-state index in [4.69, 9.17) is 14.2 Å². The predicted molar refractivity (Wildman–Crippen MR) is 146 cm³/mol. The van der Waals surface area contributed by atoms with Gasteiger partial charge in [-0.25, -0.2) is 9.59 Å². The molecule has 3 rings (SSSR count). The van der Waals surface area contributed by atoms with E-state index in [0.29, 0.717) is 13.0 Å². The number of methoxy groups -OCH3 is 2. The number of para-hydroxylation sites is 1. The zero-order chi connectivity index (χ0) is 26.6. The molecule has 0 saturated heterocycles. The number of halogens is 1. The topological polar surface area (TPSA) is 97.9 Å². The van der Waals surface area contributed by atoms with E-state index in [-0.39, 0.29) is 24.0 Å². The lowest BCUT2D eigenvalue weighted by atomic mass is 9.89. The highest BCUT2D eigenvalue weighted by atomic mass is 127.